The summed E-state index contributed by atoms with van der Waals surface area (Å²) in [6.45, 7) is 5.16. The molecule has 138 valence electrons. The van der Waals surface area contributed by atoms with Gasteiger partial charge in [-0.3, -0.25) is 4.79 Å². The van der Waals surface area contributed by atoms with Gasteiger partial charge in [0.05, 0.1) is 11.3 Å². The molecule has 1 N–H and O–H groups in total. The maximum Gasteiger partial charge on any atom is 0.335 e. The van der Waals surface area contributed by atoms with E-state index in [1.165, 1.54) is 0 Å². The molecule has 3 rings (SSSR count). The second-order valence-corrected chi connectivity index (χ2v) is 6.91. The van der Waals surface area contributed by atoms with Gasteiger partial charge in [0, 0.05) is 31.0 Å². The number of rotatable bonds is 5. The van der Waals surface area contributed by atoms with Crippen LogP contribution in [0.1, 0.15) is 58.1 Å². The van der Waals surface area contributed by atoms with Gasteiger partial charge in [0.25, 0.3) is 0 Å². The Morgan fingerprint density at radius 3 is 2.85 bits per heavy atom. The van der Waals surface area contributed by atoms with Crippen molar-refractivity contribution in [1.82, 2.24) is 10.1 Å². The van der Waals surface area contributed by atoms with Crippen LogP contribution >= 0.6 is 0 Å². The van der Waals surface area contributed by atoms with Crippen LogP contribution in [-0.4, -0.2) is 40.1 Å². The Labute approximate surface area is 152 Å². The Bertz CT molecular complexity index is 792. The van der Waals surface area contributed by atoms with Crippen LogP contribution in [0.4, 0.5) is 0 Å². The van der Waals surface area contributed by atoms with Gasteiger partial charge in [0.15, 0.2) is 0 Å². The van der Waals surface area contributed by atoms with Crippen molar-refractivity contribution in [1.29, 1.82) is 0 Å². The Kier molecular flexibility index (Phi) is 5.40. The first-order valence-electron chi connectivity index (χ1n) is 8.98. The summed E-state index contributed by atoms with van der Waals surface area (Å²) in [5, 5.41) is 13.1. The Morgan fingerprint density at radius 2 is 2.15 bits per heavy atom. The van der Waals surface area contributed by atoms with Crippen molar-refractivity contribution in [3.05, 3.63) is 52.4 Å². The number of aromatic nitrogens is 1. The standard InChI is InChI=1S/C20H24N2O4/c1-13-18(14(2)26-21-13)8-9-19(23)22-10-4-7-17(12-22)15-5-3-6-16(11-15)20(24)25/h3,5-6,11,17H,4,7-10,12H2,1-2H3,(H,24,25)/t17-/m0/s1. The fourth-order valence-electron chi connectivity index (χ4n) is 3.65. The number of carbonyl (C=O) groups excluding carboxylic acids is 1. The van der Waals surface area contributed by atoms with E-state index < -0.39 is 5.97 Å². The van der Waals surface area contributed by atoms with E-state index in [0.29, 0.717) is 24.9 Å². The third-order valence-electron chi connectivity index (χ3n) is 5.15. The predicted octanol–water partition coefficient (Wildman–Crippen LogP) is 3.33. The number of benzene rings is 1. The van der Waals surface area contributed by atoms with Crippen LogP contribution in [0, 0.1) is 13.8 Å². The van der Waals surface area contributed by atoms with E-state index in [1.807, 2.05) is 24.8 Å². The number of carboxylic acids is 1. The van der Waals surface area contributed by atoms with Gasteiger partial charge in [-0.15, -0.1) is 0 Å². The highest BCUT2D eigenvalue weighted by Crippen LogP contribution is 2.28. The van der Waals surface area contributed by atoms with Crippen LogP contribution in [0.3, 0.4) is 0 Å². The number of carbonyl (C=O) groups is 2. The molecule has 1 aromatic carbocycles. The van der Waals surface area contributed by atoms with Crippen molar-refractivity contribution < 1.29 is 19.2 Å². The maximum atomic E-state index is 12.6. The summed E-state index contributed by atoms with van der Waals surface area (Å²) in [4.78, 5) is 25.7. The van der Waals surface area contributed by atoms with Gasteiger partial charge in [-0.2, -0.15) is 0 Å². The van der Waals surface area contributed by atoms with E-state index in [4.69, 9.17) is 4.52 Å². The second kappa shape index (κ2) is 7.72. The first-order chi connectivity index (χ1) is 12.5. The lowest BCUT2D eigenvalue weighted by atomic mass is 9.89. The quantitative estimate of drug-likeness (QED) is 0.888. The van der Waals surface area contributed by atoms with Gasteiger partial charge in [-0.25, -0.2) is 4.79 Å². The lowest BCUT2D eigenvalue weighted by Gasteiger charge is -2.33. The van der Waals surface area contributed by atoms with Crippen molar-refractivity contribution >= 4 is 11.9 Å². The molecule has 26 heavy (non-hydrogen) atoms. The molecule has 6 nitrogen and oxygen atoms in total. The Morgan fingerprint density at radius 1 is 1.35 bits per heavy atom. The molecule has 0 radical (unpaired) electrons. The topological polar surface area (TPSA) is 83.6 Å². The predicted molar refractivity (Wildman–Crippen MR) is 96.3 cm³/mol. The minimum absolute atomic E-state index is 0.129. The van der Waals surface area contributed by atoms with Crippen LogP contribution < -0.4 is 0 Å². The van der Waals surface area contributed by atoms with E-state index in [9.17, 15) is 14.7 Å². The van der Waals surface area contributed by atoms with E-state index >= 15 is 0 Å². The number of hydrogen-bond donors (Lipinski definition) is 1. The summed E-state index contributed by atoms with van der Waals surface area (Å²) in [5.74, 6) is 0.169. The monoisotopic (exact) mass is 356 g/mol. The molecule has 0 aliphatic carbocycles. The fourth-order valence-corrected chi connectivity index (χ4v) is 3.65. The molecule has 1 fully saturated rings. The van der Waals surface area contributed by atoms with Crippen LogP contribution in [0.15, 0.2) is 28.8 Å². The molecule has 1 aliphatic heterocycles. The fraction of sp³-hybridized carbons (Fsp3) is 0.450. The number of carboxylic acid groups (broad SMARTS) is 1. The lowest BCUT2D eigenvalue weighted by molar-refractivity contribution is -0.132. The summed E-state index contributed by atoms with van der Waals surface area (Å²) in [6, 6.07) is 7.05. The van der Waals surface area contributed by atoms with Crippen LogP contribution in [0.25, 0.3) is 0 Å². The number of piperidine rings is 1. The molecule has 6 heteroatoms. The van der Waals surface area contributed by atoms with Crippen molar-refractivity contribution in [3.8, 4) is 0 Å². The third kappa shape index (κ3) is 3.95. The highest BCUT2D eigenvalue weighted by Gasteiger charge is 2.25. The molecular weight excluding hydrogens is 332 g/mol. The Balaban J connectivity index is 1.63. The Hall–Kier alpha value is -2.63. The van der Waals surface area contributed by atoms with Crippen LogP contribution in [-0.2, 0) is 11.2 Å². The van der Waals surface area contributed by atoms with Crippen LogP contribution in [0.5, 0.6) is 0 Å². The number of hydrogen-bond acceptors (Lipinski definition) is 4. The molecule has 2 aromatic rings. The zero-order chi connectivity index (χ0) is 18.7. The SMILES string of the molecule is Cc1noc(C)c1CCC(=O)N1CCC[C@H](c2cccc(C(=O)O)c2)C1. The molecular formula is C20H24N2O4. The van der Waals surface area contributed by atoms with Gasteiger partial charge < -0.3 is 14.5 Å². The summed E-state index contributed by atoms with van der Waals surface area (Å²) in [6.07, 6.45) is 2.97. The van der Waals surface area contributed by atoms with Gasteiger partial charge >= 0.3 is 5.97 Å². The van der Waals surface area contributed by atoms with Crippen molar-refractivity contribution in [3.63, 3.8) is 0 Å². The molecule has 0 bridgehead atoms. The average molecular weight is 356 g/mol. The summed E-state index contributed by atoms with van der Waals surface area (Å²) >= 11 is 0. The highest BCUT2D eigenvalue weighted by atomic mass is 16.5. The molecule has 0 unspecified atom stereocenters. The number of amides is 1. The number of likely N-dealkylation sites (tertiary alicyclic amines) is 1. The first-order valence-corrected chi connectivity index (χ1v) is 8.98. The minimum atomic E-state index is -0.921. The summed E-state index contributed by atoms with van der Waals surface area (Å²) in [7, 11) is 0. The largest absolute Gasteiger partial charge is 0.478 e. The second-order valence-electron chi connectivity index (χ2n) is 6.91. The van der Waals surface area contributed by atoms with Gasteiger partial charge in [-0.1, -0.05) is 17.3 Å². The van der Waals surface area contributed by atoms with Crippen molar-refractivity contribution in [2.75, 3.05) is 13.1 Å². The van der Waals surface area contributed by atoms with E-state index in [0.717, 1.165) is 42.0 Å². The molecule has 1 aliphatic rings. The first kappa shape index (κ1) is 18.2. The van der Waals surface area contributed by atoms with E-state index in [-0.39, 0.29) is 11.8 Å². The smallest absolute Gasteiger partial charge is 0.335 e. The maximum absolute atomic E-state index is 12.6. The average Bonchev–Trinajstić information content (AvgIpc) is 2.97. The van der Waals surface area contributed by atoms with Gasteiger partial charge in [0.1, 0.15) is 5.76 Å². The zero-order valence-corrected chi connectivity index (χ0v) is 15.2. The van der Waals surface area contributed by atoms with E-state index in [1.54, 1.807) is 18.2 Å². The van der Waals surface area contributed by atoms with Crippen LogP contribution in [0.2, 0.25) is 0 Å². The molecule has 2 heterocycles. The molecule has 1 atom stereocenters. The number of aromatic carboxylic acids is 1. The zero-order valence-electron chi connectivity index (χ0n) is 15.2. The van der Waals surface area contributed by atoms with Gasteiger partial charge in [0.2, 0.25) is 5.91 Å². The molecule has 0 spiro atoms. The molecule has 1 aromatic heterocycles. The summed E-state index contributed by atoms with van der Waals surface area (Å²) < 4.78 is 5.16. The number of nitrogens with zero attached hydrogens (tertiary/aromatic N) is 2. The van der Waals surface area contributed by atoms with Crippen molar-refractivity contribution in [2.24, 2.45) is 0 Å². The molecule has 0 saturated carbocycles. The molecule has 1 saturated heterocycles. The minimum Gasteiger partial charge on any atom is -0.478 e. The highest BCUT2D eigenvalue weighted by molar-refractivity contribution is 5.87. The molecule has 1 amide bonds. The normalized spacial score (nSPS) is 17.3. The van der Waals surface area contributed by atoms with Crippen molar-refractivity contribution in [2.45, 2.75) is 45.4 Å². The lowest BCUT2D eigenvalue weighted by Crippen LogP contribution is -2.39. The third-order valence-corrected chi connectivity index (χ3v) is 5.15. The van der Waals surface area contributed by atoms with E-state index in [2.05, 4.69) is 5.16 Å². The summed E-state index contributed by atoms with van der Waals surface area (Å²) in [5.41, 5.74) is 3.15. The van der Waals surface area contributed by atoms with Gasteiger partial charge in [-0.05, 0) is 50.8 Å². The number of aryl methyl sites for hydroxylation is 2.